The van der Waals surface area contributed by atoms with Crippen LogP contribution in [0, 0.1) is 6.92 Å². The Hall–Kier alpha value is -3.65. The molecule has 4 aromatic rings. The number of carbonyl (C=O) groups is 2. The Morgan fingerprint density at radius 2 is 2.00 bits per heavy atom. The number of rotatable bonds is 6. The summed E-state index contributed by atoms with van der Waals surface area (Å²) < 4.78 is 8.53. The molecule has 8 nitrogen and oxygen atoms in total. The van der Waals surface area contributed by atoms with Crippen molar-refractivity contribution in [3.05, 3.63) is 71.9 Å². The van der Waals surface area contributed by atoms with Gasteiger partial charge in [-0.25, -0.2) is 9.67 Å². The van der Waals surface area contributed by atoms with Gasteiger partial charge in [-0.1, -0.05) is 29.8 Å². The van der Waals surface area contributed by atoms with E-state index in [1.165, 1.54) is 17.3 Å². The molecular weight excluding hydrogens is 406 g/mol. The van der Waals surface area contributed by atoms with Gasteiger partial charge in [0.2, 0.25) is 0 Å². The molecule has 0 fully saturated rings. The van der Waals surface area contributed by atoms with E-state index >= 15 is 0 Å². The van der Waals surface area contributed by atoms with Crippen molar-refractivity contribution in [2.45, 2.75) is 13.5 Å². The summed E-state index contributed by atoms with van der Waals surface area (Å²) in [7, 11) is 0. The Morgan fingerprint density at radius 3 is 2.80 bits per heavy atom. The Morgan fingerprint density at radius 1 is 1.17 bits per heavy atom. The molecule has 0 atom stereocenters. The summed E-state index contributed by atoms with van der Waals surface area (Å²) in [5.74, 6) is -0.988. The highest BCUT2D eigenvalue weighted by atomic mass is 35.5. The van der Waals surface area contributed by atoms with Gasteiger partial charge in [0.05, 0.1) is 11.4 Å². The minimum absolute atomic E-state index is 0.0218. The summed E-state index contributed by atoms with van der Waals surface area (Å²) in [6, 6.07) is 14.7. The number of anilines is 1. The van der Waals surface area contributed by atoms with E-state index in [0.717, 1.165) is 16.6 Å². The summed E-state index contributed by atoms with van der Waals surface area (Å²) in [6.45, 7) is 1.53. The van der Waals surface area contributed by atoms with Crippen molar-refractivity contribution >= 4 is 40.1 Å². The molecule has 0 radical (unpaired) electrons. The lowest BCUT2D eigenvalue weighted by molar-refractivity contribution is -0.147. The number of hydrogen-bond donors (Lipinski definition) is 1. The van der Waals surface area contributed by atoms with Gasteiger partial charge in [0.25, 0.3) is 5.91 Å². The molecular formula is C21H18ClN5O3. The van der Waals surface area contributed by atoms with Crippen LogP contribution in [0.1, 0.15) is 5.69 Å². The lowest BCUT2D eigenvalue weighted by Gasteiger charge is -2.12. The summed E-state index contributed by atoms with van der Waals surface area (Å²) in [5, 5.41) is 8.24. The summed E-state index contributed by atoms with van der Waals surface area (Å²) >= 11 is 6.05. The van der Waals surface area contributed by atoms with Crippen molar-refractivity contribution in [2.24, 2.45) is 0 Å². The molecule has 30 heavy (non-hydrogen) atoms. The van der Waals surface area contributed by atoms with Crippen molar-refractivity contribution in [3.8, 4) is 5.69 Å². The number of aromatic nitrogens is 4. The molecule has 1 amide bonds. The topological polar surface area (TPSA) is 91.0 Å². The number of nitrogens with zero attached hydrogens (tertiary/aromatic N) is 4. The number of halogens is 1. The quantitative estimate of drug-likeness (QED) is 0.480. The molecule has 2 aromatic heterocycles. The van der Waals surface area contributed by atoms with Crippen LogP contribution >= 0.6 is 11.6 Å². The van der Waals surface area contributed by atoms with Crippen LogP contribution in [-0.4, -0.2) is 37.8 Å². The van der Waals surface area contributed by atoms with Crippen molar-refractivity contribution in [1.29, 1.82) is 0 Å². The second-order valence-electron chi connectivity index (χ2n) is 6.64. The van der Waals surface area contributed by atoms with Crippen molar-refractivity contribution in [1.82, 2.24) is 19.3 Å². The first-order valence-electron chi connectivity index (χ1n) is 9.16. The molecule has 0 saturated heterocycles. The molecule has 0 aliphatic carbocycles. The lowest BCUT2D eigenvalue weighted by Crippen LogP contribution is -2.23. The molecule has 0 unspecified atom stereocenters. The van der Waals surface area contributed by atoms with Crippen LogP contribution in [-0.2, 0) is 20.9 Å². The highest BCUT2D eigenvalue weighted by Crippen LogP contribution is 2.24. The standard InChI is InChI=1S/C21H18ClN5O3/c1-14-8-15-4-2-3-5-18(15)26(14)10-21(29)30-11-20(28)25-17-9-16(22)6-7-19(17)27-13-23-12-24-27/h2-9,12-13H,10-11H2,1H3,(H,25,28). The number of esters is 1. The van der Waals surface area contributed by atoms with Crippen LogP contribution < -0.4 is 5.32 Å². The third-order valence-corrected chi connectivity index (χ3v) is 4.80. The Kier molecular flexibility index (Phi) is 5.49. The van der Waals surface area contributed by atoms with E-state index in [2.05, 4.69) is 15.4 Å². The van der Waals surface area contributed by atoms with E-state index in [4.69, 9.17) is 16.3 Å². The zero-order chi connectivity index (χ0) is 21.1. The normalized spacial score (nSPS) is 10.9. The number of ether oxygens (including phenoxy) is 1. The van der Waals surface area contributed by atoms with E-state index < -0.39 is 18.5 Å². The second-order valence-corrected chi connectivity index (χ2v) is 7.08. The third-order valence-electron chi connectivity index (χ3n) is 4.57. The summed E-state index contributed by atoms with van der Waals surface area (Å²) in [6.07, 6.45) is 2.89. The number of hydrogen-bond acceptors (Lipinski definition) is 5. The molecule has 0 bridgehead atoms. The Balaban J connectivity index is 1.40. The SMILES string of the molecule is Cc1cc2ccccc2n1CC(=O)OCC(=O)Nc1cc(Cl)ccc1-n1cncn1. The zero-order valence-corrected chi connectivity index (χ0v) is 16.8. The number of amides is 1. The highest BCUT2D eigenvalue weighted by molar-refractivity contribution is 6.31. The molecule has 2 aromatic carbocycles. The van der Waals surface area contributed by atoms with Gasteiger partial charge in [0.1, 0.15) is 19.2 Å². The fourth-order valence-corrected chi connectivity index (χ4v) is 3.38. The van der Waals surface area contributed by atoms with Gasteiger partial charge in [-0.15, -0.1) is 0 Å². The summed E-state index contributed by atoms with van der Waals surface area (Å²) in [5.41, 5.74) is 2.90. The van der Waals surface area contributed by atoms with Crippen LogP contribution in [0.25, 0.3) is 16.6 Å². The summed E-state index contributed by atoms with van der Waals surface area (Å²) in [4.78, 5) is 28.6. The van der Waals surface area contributed by atoms with Crippen molar-refractivity contribution < 1.29 is 14.3 Å². The van der Waals surface area contributed by atoms with Crippen molar-refractivity contribution in [2.75, 3.05) is 11.9 Å². The number of aryl methyl sites for hydroxylation is 1. The van der Waals surface area contributed by atoms with Gasteiger partial charge in [-0.05, 0) is 42.6 Å². The minimum Gasteiger partial charge on any atom is -0.454 e. The largest absolute Gasteiger partial charge is 0.454 e. The molecule has 152 valence electrons. The monoisotopic (exact) mass is 423 g/mol. The predicted octanol–water partition coefficient (Wildman–Crippen LogP) is 3.37. The number of carbonyl (C=O) groups excluding carboxylic acids is 2. The smallest absolute Gasteiger partial charge is 0.326 e. The Labute approximate surface area is 177 Å². The highest BCUT2D eigenvalue weighted by Gasteiger charge is 2.14. The van der Waals surface area contributed by atoms with E-state index in [1.54, 1.807) is 18.2 Å². The van der Waals surface area contributed by atoms with Crippen LogP contribution in [0.5, 0.6) is 0 Å². The van der Waals surface area contributed by atoms with Gasteiger partial charge in [0, 0.05) is 16.2 Å². The van der Waals surface area contributed by atoms with Gasteiger partial charge >= 0.3 is 5.97 Å². The molecule has 0 spiro atoms. The third kappa shape index (κ3) is 4.18. The van der Waals surface area contributed by atoms with E-state index in [1.807, 2.05) is 41.8 Å². The predicted molar refractivity (Wildman–Crippen MR) is 113 cm³/mol. The fraction of sp³-hybridized carbons (Fsp3) is 0.143. The molecule has 1 N–H and O–H groups in total. The molecule has 9 heteroatoms. The van der Waals surface area contributed by atoms with Gasteiger partial charge < -0.3 is 14.6 Å². The maximum absolute atomic E-state index is 12.3. The van der Waals surface area contributed by atoms with E-state index in [0.29, 0.717) is 16.4 Å². The number of benzene rings is 2. The number of nitrogens with one attached hydrogen (secondary N) is 1. The molecule has 0 aliphatic rings. The zero-order valence-electron chi connectivity index (χ0n) is 16.1. The molecule has 0 aliphatic heterocycles. The van der Waals surface area contributed by atoms with Crippen LogP contribution in [0.3, 0.4) is 0 Å². The van der Waals surface area contributed by atoms with E-state index in [-0.39, 0.29) is 6.54 Å². The van der Waals surface area contributed by atoms with Crippen LogP contribution in [0.4, 0.5) is 5.69 Å². The maximum atomic E-state index is 12.3. The number of para-hydroxylation sites is 1. The Bertz CT molecular complexity index is 1220. The number of fused-ring (bicyclic) bond motifs is 1. The second kappa shape index (κ2) is 8.38. The average Bonchev–Trinajstić information content (AvgIpc) is 3.35. The first-order chi connectivity index (χ1) is 14.5. The fourth-order valence-electron chi connectivity index (χ4n) is 3.21. The van der Waals surface area contributed by atoms with E-state index in [9.17, 15) is 9.59 Å². The first-order valence-corrected chi connectivity index (χ1v) is 9.54. The van der Waals surface area contributed by atoms with Gasteiger partial charge in [-0.2, -0.15) is 5.10 Å². The van der Waals surface area contributed by atoms with Crippen molar-refractivity contribution in [3.63, 3.8) is 0 Å². The van der Waals surface area contributed by atoms with Gasteiger partial charge in [-0.3, -0.25) is 9.59 Å². The van der Waals surface area contributed by atoms with Crippen LogP contribution in [0.15, 0.2) is 61.2 Å². The average molecular weight is 424 g/mol. The molecule has 4 rings (SSSR count). The molecule has 0 saturated carbocycles. The lowest BCUT2D eigenvalue weighted by atomic mass is 10.2. The first kappa shape index (κ1) is 19.7. The van der Waals surface area contributed by atoms with Gasteiger partial charge in [0.15, 0.2) is 6.61 Å². The van der Waals surface area contributed by atoms with Crippen LogP contribution in [0.2, 0.25) is 5.02 Å². The maximum Gasteiger partial charge on any atom is 0.326 e. The minimum atomic E-state index is -0.503. The molecule has 2 heterocycles.